The minimum atomic E-state index is -0.943. The highest BCUT2D eigenvalue weighted by atomic mass is 79.9. The molecule has 686 valence electrons. The maximum absolute atomic E-state index is 12.4. The number of phenolic OH excluding ortho intramolecular Hbond substituents is 1. The number of aromatic nitrogens is 4. The molecule has 6 aliphatic rings. The van der Waals surface area contributed by atoms with E-state index in [-0.39, 0.29) is 108 Å². The van der Waals surface area contributed by atoms with Crippen LogP contribution in [0.1, 0.15) is 190 Å². The number of hydrogen-bond acceptors (Lipinski definition) is 23. The summed E-state index contributed by atoms with van der Waals surface area (Å²) in [6.45, 7) is 23.4. The molecular weight excluding hydrogens is 2050 g/mol. The Balaban J connectivity index is 0.000000166. The van der Waals surface area contributed by atoms with E-state index in [1.54, 1.807) is 34.1 Å². The predicted octanol–water partition coefficient (Wildman–Crippen LogP) is 20.1. The Morgan fingerprint density at radius 3 is 1.17 bits per heavy atom. The van der Waals surface area contributed by atoms with Gasteiger partial charge < -0.3 is 83.5 Å². The average Bonchev–Trinajstić information content (AvgIpc) is 1.60. The van der Waals surface area contributed by atoms with Gasteiger partial charge in [-0.1, -0.05) is 107 Å². The highest BCUT2D eigenvalue weighted by molar-refractivity contribution is 9.11. The number of alkyl halides is 1. The van der Waals surface area contributed by atoms with Crippen LogP contribution < -0.4 is 24.7 Å². The minimum Gasteiger partial charge on any atom is -0.507 e. The summed E-state index contributed by atoms with van der Waals surface area (Å²) in [4.78, 5) is 85.2. The van der Waals surface area contributed by atoms with E-state index in [0.717, 1.165) is 119 Å². The maximum atomic E-state index is 12.4. The van der Waals surface area contributed by atoms with E-state index in [2.05, 4.69) is 169 Å². The number of methoxy groups -OCH3 is 2. The number of aromatic hydroxyl groups is 1. The lowest BCUT2D eigenvalue weighted by atomic mass is 10.0. The molecule has 3 saturated heterocycles. The lowest BCUT2D eigenvalue weighted by molar-refractivity contribution is -0.130. The van der Waals surface area contributed by atoms with Gasteiger partial charge in [0.05, 0.1) is 109 Å². The zero-order valence-electron chi connectivity index (χ0n) is 73.6. The van der Waals surface area contributed by atoms with E-state index in [4.69, 9.17) is 49.1 Å². The van der Waals surface area contributed by atoms with Gasteiger partial charge in [0, 0.05) is 71.5 Å². The van der Waals surface area contributed by atoms with Crippen molar-refractivity contribution in [1.29, 1.82) is 0 Å². The number of ether oxygens (including phenoxy) is 6. The van der Waals surface area contributed by atoms with E-state index >= 15 is 0 Å². The smallest absolute Gasteiger partial charge is 0.337 e. The molecule has 3 aliphatic heterocycles. The van der Waals surface area contributed by atoms with Crippen LogP contribution in [-0.2, 0) is 43.1 Å². The zero-order chi connectivity index (χ0) is 93.9. The largest absolute Gasteiger partial charge is 0.507 e. The van der Waals surface area contributed by atoms with Crippen molar-refractivity contribution < 1.29 is 91.9 Å². The van der Waals surface area contributed by atoms with Crippen LogP contribution in [0.25, 0.3) is 45.7 Å². The third-order valence-electron chi connectivity index (χ3n) is 21.2. The van der Waals surface area contributed by atoms with E-state index < -0.39 is 11.9 Å². The van der Waals surface area contributed by atoms with E-state index in [0.29, 0.717) is 92.3 Å². The van der Waals surface area contributed by atoms with Crippen molar-refractivity contribution in [2.45, 2.75) is 168 Å². The predicted molar refractivity (Wildman–Crippen MR) is 509 cm³/mol. The number of hydrogen-bond donors (Lipinski definition) is 6. The number of carbonyl (C=O) groups is 6. The van der Waals surface area contributed by atoms with Crippen molar-refractivity contribution >= 4 is 137 Å². The Hall–Kier alpha value is -10.1. The quantitative estimate of drug-likeness (QED) is 0.00916. The number of aromatic carboxylic acids is 1. The van der Waals surface area contributed by atoms with Crippen LogP contribution >= 0.6 is 95.6 Å². The fourth-order valence-corrected chi connectivity index (χ4v) is 18.4. The number of carbonyl (C=O) groups excluding carboxylic acids is 5. The SMILES string of the molecule is CC(C)Br.CC(C)Oc1ccc(-c2nc(-c3cccc4c3CC3CC(=O)N(CCO)C43)no2)cc1Br.CC(C)Oc1ccc(-c2nc(-c3cccc4c3CC3CC(=O)N(CCO)C43)no2)cc1Br.CC(C)Oc1ccc(C(=O)O)cc1Br.CCCN1C(=O)CC2Cc3c(/C(N)=N/O)cccc3C21.COC(=O)c1ccc(O)c(Br)c1.COC(=O)c1ccc(OC(C)C)c(Br)c1. The summed E-state index contributed by atoms with van der Waals surface area (Å²) in [5, 5.41) is 57.1. The van der Waals surface area contributed by atoms with Gasteiger partial charge in [0.25, 0.3) is 11.8 Å². The Kier molecular flexibility index (Phi) is 36.5. The lowest BCUT2D eigenvalue weighted by Gasteiger charge is -2.24. The summed E-state index contributed by atoms with van der Waals surface area (Å²) >= 11 is 20.1. The number of β-amino-alcohol motifs (C(OH)–C–C–N with tert-alkyl or cyclic N) is 2. The molecule has 0 saturated carbocycles. The number of benzene rings is 8. The number of phenols is 1. The normalized spacial score (nSPS) is 17.0. The first-order valence-corrected chi connectivity index (χ1v) is 46.9. The van der Waals surface area contributed by atoms with Crippen molar-refractivity contribution in [3.05, 3.63) is 224 Å². The van der Waals surface area contributed by atoms with Gasteiger partial charge >= 0.3 is 17.9 Å². The number of oxime groups is 1. The summed E-state index contributed by atoms with van der Waals surface area (Å²) < 4.78 is 46.3. The maximum Gasteiger partial charge on any atom is 0.337 e. The molecule has 5 heterocycles. The molecular formula is C95H105Br6N9O19. The molecule has 0 radical (unpaired) electrons. The molecule has 3 amide bonds. The van der Waals surface area contributed by atoms with E-state index in [1.165, 1.54) is 50.1 Å². The number of rotatable bonds is 22. The molecule has 7 N–H and O–H groups in total. The highest BCUT2D eigenvalue weighted by Crippen LogP contribution is 2.52. The number of amidine groups is 1. The van der Waals surface area contributed by atoms with Gasteiger partial charge in [0.2, 0.25) is 29.4 Å². The number of nitrogens with two attached hydrogens (primary N) is 1. The number of likely N-dealkylation sites (tertiary alicyclic amines) is 3. The minimum absolute atomic E-state index is 0.0143. The summed E-state index contributed by atoms with van der Waals surface area (Å²) in [5.41, 5.74) is 18.0. The molecule has 28 nitrogen and oxygen atoms in total. The fourth-order valence-electron chi connectivity index (χ4n) is 16.2. The van der Waals surface area contributed by atoms with Crippen LogP contribution in [0.4, 0.5) is 0 Å². The van der Waals surface area contributed by atoms with Crippen LogP contribution in [0.15, 0.2) is 182 Å². The molecule has 16 rings (SSSR count). The van der Waals surface area contributed by atoms with Crippen LogP contribution in [0.5, 0.6) is 28.7 Å². The Bertz CT molecular complexity index is 5480. The third kappa shape index (κ3) is 25.4. The van der Waals surface area contributed by atoms with Gasteiger partial charge in [-0.3, -0.25) is 14.4 Å². The fraction of sp³-hybridized carbons (Fsp3) is 0.379. The lowest BCUT2D eigenvalue weighted by Crippen LogP contribution is -2.30. The second-order valence-corrected chi connectivity index (χ2v) is 38.3. The Labute approximate surface area is 799 Å². The molecule has 6 atom stereocenters. The molecule has 10 aromatic rings. The Morgan fingerprint density at radius 2 is 0.822 bits per heavy atom. The summed E-state index contributed by atoms with van der Waals surface area (Å²) in [6, 6.07) is 43.8. The number of nitrogens with zero attached hydrogens (tertiary/aromatic N) is 8. The molecule has 0 bridgehead atoms. The number of esters is 2. The van der Waals surface area contributed by atoms with E-state index in [1.807, 2.05) is 133 Å². The first-order chi connectivity index (χ1) is 61.5. The van der Waals surface area contributed by atoms with Gasteiger partial charge in [0.1, 0.15) is 28.7 Å². The molecule has 3 aliphatic carbocycles. The first-order valence-electron chi connectivity index (χ1n) is 42.0. The van der Waals surface area contributed by atoms with Gasteiger partial charge in [0.15, 0.2) is 5.84 Å². The molecule has 3 fully saturated rings. The molecule has 129 heavy (non-hydrogen) atoms. The van der Waals surface area contributed by atoms with E-state index in [9.17, 15) is 39.0 Å². The molecule has 8 aromatic carbocycles. The number of carboxylic acids is 1. The van der Waals surface area contributed by atoms with Gasteiger partial charge in [-0.15, -0.1) is 0 Å². The second kappa shape index (κ2) is 46.6. The van der Waals surface area contributed by atoms with Crippen LogP contribution in [0, 0.1) is 17.8 Å². The van der Waals surface area contributed by atoms with Crippen molar-refractivity contribution in [3.8, 4) is 74.4 Å². The topological polar surface area (TPSA) is 385 Å². The molecule has 6 unspecified atom stereocenters. The van der Waals surface area contributed by atoms with Crippen molar-refractivity contribution in [3.63, 3.8) is 0 Å². The highest BCUT2D eigenvalue weighted by Gasteiger charge is 2.49. The second-order valence-electron chi connectivity index (χ2n) is 32.2. The molecule has 0 spiro atoms. The van der Waals surface area contributed by atoms with Gasteiger partial charge in [-0.25, -0.2) is 14.4 Å². The third-order valence-corrected chi connectivity index (χ3v) is 24.3. The summed E-state index contributed by atoms with van der Waals surface area (Å²) in [5.74, 6) is 4.63. The molecule has 2 aromatic heterocycles. The van der Waals surface area contributed by atoms with Crippen molar-refractivity contribution in [2.24, 2.45) is 28.6 Å². The number of aliphatic hydroxyl groups is 2. The average molecular weight is 2160 g/mol. The zero-order valence-corrected chi connectivity index (χ0v) is 83.1. The number of aliphatic hydroxyl groups excluding tert-OH is 2. The van der Waals surface area contributed by atoms with Crippen LogP contribution in [-0.4, -0.2) is 178 Å². The number of amides is 3. The summed E-state index contributed by atoms with van der Waals surface area (Å²) in [7, 11) is 2.66. The number of carboxylic acid groups (broad SMARTS) is 1. The first kappa shape index (κ1) is 101. The monoisotopic (exact) mass is 2150 g/mol. The van der Waals surface area contributed by atoms with Gasteiger partial charge in [-0.05, 0) is 303 Å². The van der Waals surface area contributed by atoms with Crippen LogP contribution in [0.3, 0.4) is 0 Å². The number of fused-ring (bicyclic) bond motifs is 9. The van der Waals surface area contributed by atoms with Crippen molar-refractivity contribution in [2.75, 3.05) is 47.1 Å². The standard InChI is InChI=1S/2C24H24BrN3O4.C15H19N3O2.C11H13BrO3.C10H11BrO3.C8H7BrO3.C3H7Br/c2*1-13(2)31-20-7-6-14(11-19(20)25)24-26-23(27-32-24)17-5-3-4-16-18(17)10-15-12-21(30)28(8-9-29)22(15)16;1-2-6-18-13(19)8-9-7-12-10(14(9)18)4-3-5-11(12)15(16)17-20;1-7(2)15-10-5-4-8(6-9(10)12)11(13)14-3;1-6(2)14-9-4-3-7(10(12)13)5-8(9)11;1-12-8(11)5-2-3-7(10)6(9)4-5;1-3(2)4/h2*3-7,11,13,15,22,29H,8-10,12H2,1-2H3;3-5,9,14,20H,2,6-8H2,1H3,(H2,16,17);4-7H,1-3H3;3-6H,1-2H3,(H,12,13);2-4,10H,1H3;3H,1-2H3. The molecule has 34 heteroatoms. The van der Waals surface area contributed by atoms with Crippen molar-refractivity contribution in [1.82, 2.24) is 35.0 Å². The number of halogens is 6. The summed E-state index contributed by atoms with van der Waals surface area (Å²) in [6.07, 6.45) is 5.33. The van der Waals surface area contributed by atoms with Crippen LogP contribution in [0.2, 0.25) is 0 Å². The van der Waals surface area contributed by atoms with Gasteiger partial charge in [-0.2, -0.15) is 9.97 Å². The Morgan fingerprint density at radius 1 is 0.481 bits per heavy atom.